The monoisotopic (exact) mass is 253 g/mol. The average Bonchev–Trinajstić information content (AvgIpc) is 2.92. The summed E-state index contributed by atoms with van der Waals surface area (Å²) in [6.45, 7) is 5.99. The van der Waals surface area contributed by atoms with Crippen molar-refractivity contribution < 1.29 is 4.74 Å². The van der Waals surface area contributed by atoms with Crippen molar-refractivity contribution in [2.24, 2.45) is 5.92 Å². The van der Waals surface area contributed by atoms with Gasteiger partial charge in [0.1, 0.15) is 5.75 Å². The maximum absolute atomic E-state index is 5.21. The topological polar surface area (TPSA) is 12.5 Å². The Hall–Kier alpha value is -0.730. The Balaban J connectivity index is 0.00000108. The van der Waals surface area contributed by atoms with E-state index in [4.69, 9.17) is 4.74 Å². The molecule has 0 radical (unpaired) electrons. The van der Waals surface area contributed by atoms with Crippen LogP contribution in [0, 0.1) is 5.92 Å². The number of methoxy groups -OCH3 is 1. The molecule has 0 amide bonds. The highest BCUT2D eigenvalue weighted by atomic mass is 35.5. The zero-order valence-electron chi connectivity index (χ0n) is 10.5. The number of fused-ring (bicyclic) bond motifs is 1. The maximum Gasteiger partial charge on any atom is 0.118 e. The molecule has 1 aromatic carbocycles. The largest absolute Gasteiger partial charge is 0.497 e. The van der Waals surface area contributed by atoms with Gasteiger partial charge >= 0.3 is 0 Å². The van der Waals surface area contributed by atoms with Gasteiger partial charge in [0.2, 0.25) is 0 Å². The van der Waals surface area contributed by atoms with Gasteiger partial charge in [-0.05, 0) is 36.6 Å². The molecular formula is C14H20ClNO. The number of halogens is 1. The van der Waals surface area contributed by atoms with Crippen molar-refractivity contribution in [3.63, 3.8) is 0 Å². The Bertz CT molecular complexity index is 392. The molecular weight excluding hydrogens is 234 g/mol. The fraction of sp³-hybridized carbons (Fsp3) is 0.571. The third-order valence-electron chi connectivity index (χ3n) is 4.33. The molecule has 2 fully saturated rings. The van der Waals surface area contributed by atoms with Gasteiger partial charge in [-0.3, -0.25) is 0 Å². The number of hydrogen-bond acceptors (Lipinski definition) is 2. The smallest absolute Gasteiger partial charge is 0.118 e. The van der Waals surface area contributed by atoms with Crippen molar-refractivity contribution in [3.8, 4) is 5.75 Å². The second kappa shape index (κ2) is 4.51. The van der Waals surface area contributed by atoms with Crippen molar-refractivity contribution in [1.29, 1.82) is 0 Å². The van der Waals surface area contributed by atoms with Crippen LogP contribution < -0.4 is 4.74 Å². The standard InChI is InChI=1S/C14H19NO.ClH/c1-3-15-9-12-8-14(12,10-15)11-4-6-13(16-2)7-5-11;/h4-7,12H,3,8-10H2,1-2H3;1H. The summed E-state index contributed by atoms with van der Waals surface area (Å²) >= 11 is 0. The molecule has 1 saturated carbocycles. The summed E-state index contributed by atoms with van der Waals surface area (Å²) in [4.78, 5) is 2.57. The minimum absolute atomic E-state index is 0. The summed E-state index contributed by atoms with van der Waals surface area (Å²) < 4.78 is 5.21. The van der Waals surface area contributed by atoms with E-state index in [1.54, 1.807) is 7.11 Å². The molecule has 0 N–H and O–H groups in total. The lowest BCUT2D eigenvalue weighted by Crippen LogP contribution is -2.26. The molecule has 2 atom stereocenters. The molecule has 2 nitrogen and oxygen atoms in total. The lowest BCUT2D eigenvalue weighted by molar-refractivity contribution is 0.314. The molecule has 2 unspecified atom stereocenters. The van der Waals surface area contributed by atoms with Crippen LogP contribution in [-0.4, -0.2) is 31.6 Å². The fourth-order valence-corrected chi connectivity index (χ4v) is 3.20. The Morgan fingerprint density at radius 2 is 2.06 bits per heavy atom. The summed E-state index contributed by atoms with van der Waals surface area (Å²) in [5, 5.41) is 0. The van der Waals surface area contributed by atoms with Crippen LogP contribution in [0.1, 0.15) is 18.9 Å². The molecule has 1 saturated heterocycles. The quantitative estimate of drug-likeness (QED) is 0.821. The third-order valence-corrected chi connectivity index (χ3v) is 4.33. The van der Waals surface area contributed by atoms with Crippen LogP contribution in [0.15, 0.2) is 24.3 Å². The van der Waals surface area contributed by atoms with E-state index in [1.165, 1.54) is 31.6 Å². The van der Waals surface area contributed by atoms with Gasteiger partial charge in [0.25, 0.3) is 0 Å². The average molecular weight is 254 g/mol. The van der Waals surface area contributed by atoms with Crippen LogP contribution in [0.3, 0.4) is 0 Å². The summed E-state index contributed by atoms with van der Waals surface area (Å²) in [5.74, 6) is 1.86. The lowest BCUT2D eigenvalue weighted by Gasteiger charge is -2.19. The Labute approximate surface area is 109 Å². The SMILES string of the molecule is CCN1CC2CC2(c2ccc(OC)cc2)C1.Cl. The normalized spacial score (nSPS) is 30.6. The first-order valence-electron chi connectivity index (χ1n) is 6.15. The number of hydrogen-bond donors (Lipinski definition) is 0. The number of piperidine rings is 1. The minimum Gasteiger partial charge on any atom is -0.497 e. The van der Waals surface area contributed by atoms with Crippen molar-refractivity contribution in [3.05, 3.63) is 29.8 Å². The van der Waals surface area contributed by atoms with Gasteiger partial charge in [0.15, 0.2) is 0 Å². The van der Waals surface area contributed by atoms with E-state index in [2.05, 4.69) is 36.1 Å². The predicted molar refractivity (Wildman–Crippen MR) is 72.1 cm³/mol. The van der Waals surface area contributed by atoms with E-state index in [0.29, 0.717) is 5.41 Å². The van der Waals surface area contributed by atoms with Crippen molar-refractivity contribution in [2.45, 2.75) is 18.8 Å². The van der Waals surface area contributed by atoms with Crippen LogP contribution in [-0.2, 0) is 5.41 Å². The van der Waals surface area contributed by atoms with Crippen LogP contribution in [0.25, 0.3) is 0 Å². The molecule has 1 heterocycles. The van der Waals surface area contributed by atoms with Crippen molar-refractivity contribution in [1.82, 2.24) is 4.90 Å². The number of ether oxygens (including phenoxy) is 1. The number of rotatable bonds is 3. The van der Waals surface area contributed by atoms with E-state index < -0.39 is 0 Å². The van der Waals surface area contributed by atoms with Crippen LogP contribution >= 0.6 is 12.4 Å². The Morgan fingerprint density at radius 3 is 2.59 bits per heavy atom. The highest BCUT2D eigenvalue weighted by Crippen LogP contribution is 2.58. The minimum atomic E-state index is 0. The van der Waals surface area contributed by atoms with E-state index in [0.717, 1.165) is 11.7 Å². The van der Waals surface area contributed by atoms with E-state index in [9.17, 15) is 0 Å². The van der Waals surface area contributed by atoms with Crippen LogP contribution in [0.5, 0.6) is 5.75 Å². The van der Waals surface area contributed by atoms with Gasteiger partial charge in [-0.15, -0.1) is 12.4 Å². The fourth-order valence-electron chi connectivity index (χ4n) is 3.20. The van der Waals surface area contributed by atoms with Crippen LogP contribution in [0.4, 0.5) is 0 Å². The molecule has 1 aromatic rings. The zero-order valence-corrected chi connectivity index (χ0v) is 11.3. The molecule has 94 valence electrons. The maximum atomic E-state index is 5.21. The van der Waals surface area contributed by atoms with Crippen molar-refractivity contribution in [2.75, 3.05) is 26.7 Å². The summed E-state index contributed by atoms with van der Waals surface area (Å²) in [5.41, 5.74) is 2.00. The zero-order chi connectivity index (χ0) is 11.2. The second-order valence-electron chi connectivity index (χ2n) is 5.11. The van der Waals surface area contributed by atoms with Gasteiger partial charge in [-0.2, -0.15) is 0 Å². The van der Waals surface area contributed by atoms with Gasteiger partial charge in [0, 0.05) is 18.5 Å². The highest BCUT2D eigenvalue weighted by Gasteiger charge is 2.60. The van der Waals surface area contributed by atoms with Gasteiger partial charge < -0.3 is 9.64 Å². The Kier molecular flexibility index (Phi) is 3.37. The van der Waals surface area contributed by atoms with Gasteiger partial charge in [-0.1, -0.05) is 19.1 Å². The van der Waals surface area contributed by atoms with E-state index in [1.807, 2.05) is 0 Å². The molecule has 0 bridgehead atoms. The molecule has 1 aliphatic carbocycles. The van der Waals surface area contributed by atoms with Gasteiger partial charge in [0.05, 0.1) is 7.11 Å². The van der Waals surface area contributed by atoms with Gasteiger partial charge in [-0.25, -0.2) is 0 Å². The lowest BCUT2D eigenvalue weighted by atomic mass is 9.95. The number of nitrogens with zero attached hydrogens (tertiary/aromatic N) is 1. The van der Waals surface area contributed by atoms with E-state index in [-0.39, 0.29) is 12.4 Å². The molecule has 17 heavy (non-hydrogen) atoms. The summed E-state index contributed by atoms with van der Waals surface area (Å²) in [6, 6.07) is 8.68. The first-order chi connectivity index (χ1) is 7.78. The second-order valence-corrected chi connectivity index (χ2v) is 5.11. The number of likely N-dealkylation sites (tertiary alicyclic amines) is 1. The molecule has 1 aliphatic heterocycles. The number of benzene rings is 1. The molecule has 3 rings (SSSR count). The molecule has 0 spiro atoms. The predicted octanol–water partition coefficient (Wildman–Crippen LogP) is 2.71. The van der Waals surface area contributed by atoms with Crippen molar-refractivity contribution >= 4 is 12.4 Å². The molecule has 3 heteroatoms. The van der Waals surface area contributed by atoms with E-state index >= 15 is 0 Å². The Morgan fingerprint density at radius 1 is 1.35 bits per heavy atom. The van der Waals surface area contributed by atoms with Crippen LogP contribution in [0.2, 0.25) is 0 Å². The first kappa shape index (κ1) is 12.7. The summed E-state index contributed by atoms with van der Waals surface area (Å²) in [6.07, 6.45) is 1.38. The molecule has 0 aromatic heterocycles. The summed E-state index contributed by atoms with van der Waals surface area (Å²) in [7, 11) is 1.72. The first-order valence-corrected chi connectivity index (χ1v) is 6.15. The number of likely N-dealkylation sites (N-methyl/N-ethyl adjacent to an activating group) is 1. The molecule has 2 aliphatic rings. The highest BCUT2D eigenvalue weighted by molar-refractivity contribution is 5.85. The third kappa shape index (κ3) is 1.94.